The van der Waals surface area contributed by atoms with E-state index in [4.69, 9.17) is 5.73 Å². The Morgan fingerprint density at radius 2 is 2.29 bits per heavy atom. The second-order valence-corrected chi connectivity index (χ2v) is 5.30. The van der Waals surface area contributed by atoms with Crippen molar-refractivity contribution in [3.05, 3.63) is 23.8 Å². The van der Waals surface area contributed by atoms with Gasteiger partial charge in [0.15, 0.2) is 0 Å². The van der Waals surface area contributed by atoms with E-state index in [1.165, 1.54) is 0 Å². The maximum atomic E-state index is 11.9. The first-order valence-electron chi connectivity index (χ1n) is 7.20. The molecule has 1 aromatic carbocycles. The molecule has 1 saturated heterocycles. The highest BCUT2D eigenvalue weighted by Gasteiger charge is 2.15. The maximum absolute atomic E-state index is 11.9. The Bertz CT molecular complexity index is 530. The number of nitrogens with one attached hydrogen (secondary N) is 2. The van der Waals surface area contributed by atoms with E-state index in [9.17, 15) is 9.59 Å². The SMILES string of the molecule is Cc1c(N)cccc1NC(=O)CCCN1CCNC(=O)C1. The molecule has 4 N–H and O–H groups in total. The number of benzene rings is 1. The van der Waals surface area contributed by atoms with Crippen LogP contribution in [-0.2, 0) is 9.59 Å². The molecule has 0 aliphatic carbocycles. The molecular weight excluding hydrogens is 268 g/mol. The second-order valence-electron chi connectivity index (χ2n) is 5.30. The molecule has 0 spiro atoms. The van der Waals surface area contributed by atoms with Crippen molar-refractivity contribution in [2.45, 2.75) is 19.8 Å². The third-order valence-electron chi connectivity index (χ3n) is 3.65. The molecule has 1 heterocycles. The van der Waals surface area contributed by atoms with Gasteiger partial charge in [-0.2, -0.15) is 0 Å². The van der Waals surface area contributed by atoms with Crippen LogP contribution in [0.15, 0.2) is 18.2 Å². The first-order chi connectivity index (χ1) is 10.1. The standard InChI is InChI=1S/C15H22N4O2/c1-11-12(16)4-2-5-13(11)18-14(20)6-3-8-19-9-7-17-15(21)10-19/h2,4-5H,3,6-10,16H2,1H3,(H,17,21)(H,18,20). The summed E-state index contributed by atoms with van der Waals surface area (Å²) < 4.78 is 0. The van der Waals surface area contributed by atoms with Gasteiger partial charge in [-0.05, 0) is 37.6 Å². The molecule has 0 bridgehead atoms. The van der Waals surface area contributed by atoms with E-state index in [1.54, 1.807) is 0 Å². The predicted molar refractivity (Wildman–Crippen MR) is 82.9 cm³/mol. The number of nitrogens with zero attached hydrogens (tertiary/aromatic N) is 1. The first kappa shape index (κ1) is 15.3. The van der Waals surface area contributed by atoms with E-state index in [0.29, 0.717) is 25.2 Å². The Morgan fingerprint density at radius 1 is 1.48 bits per heavy atom. The van der Waals surface area contributed by atoms with Crippen LogP contribution in [0, 0.1) is 6.92 Å². The molecule has 0 saturated carbocycles. The lowest BCUT2D eigenvalue weighted by Gasteiger charge is -2.26. The Hall–Kier alpha value is -2.08. The Morgan fingerprint density at radius 3 is 3.05 bits per heavy atom. The van der Waals surface area contributed by atoms with Gasteiger partial charge in [0, 0.05) is 30.9 Å². The number of amides is 2. The molecule has 6 nitrogen and oxygen atoms in total. The van der Waals surface area contributed by atoms with Crippen LogP contribution < -0.4 is 16.4 Å². The van der Waals surface area contributed by atoms with E-state index >= 15 is 0 Å². The smallest absolute Gasteiger partial charge is 0.234 e. The van der Waals surface area contributed by atoms with Gasteiger partial charge in [-0.3, -0.25) is 14.5 Å². The molecule has 2 amide bonds. The molecule has 114 valence electrons. The Balaban J connectivity index is 1.75. The minimum absolute atomic E-state index is 0.0230. The first-order valence-corrected chi connectivity index (χ1v) is 7.20. The monoisotopic (exact) mass is 290 g/mol. The summed E-state index contributed by atoms with van der Waals surface area (Å²) in [6, 6.07) is 5.48. The topological polar surface area (TPSA) is 87.5 Å². The van der Waals surface area contributed by atoms with E-state index in [1.807, 2.05) is 25.1 Å². The summed E-state index contributed by atoms with van der Waals surface area (Å²) in [5, 5.41) is 5.66. The lowest BCUT2D eigenvalue weighted by atomic mass is 10.1. The molecule has 1 aliphatic heterocycles. The van der Waals surface area contributed by atoms with Gasteiger partial charge >= 0.3 is 0 Å². The number of nitrogen functional groups attached to an aromatic ring is 1. The highest BCUT2D eigenvalue weighted by atomic mass is 16.2. The Labute approximate surface area is 124 Å². The molecule has 0 radical (unpaired) electrons. The van der Waals surface area contributed by atoms with Crippen LogP contribution in [0.5, 0.6) is 0 Å². The maximum Gasteiger partial charge on any atom is 0.234 e. The van der Waals surface area contributed by atoms with Crippen molar-refractivity contribution in [1.29, 1.82) is 0 Å². The number of hydrogen-bond acceptors (Lipinski definition) is 4. The lowest BCUT2D eigenvalue weighted by Crippen LogP contribution is -2.47. The molecule has 1 aliphatic rings. The van der Waals surface area contributed by atoms with E-state index in [0.717, 1.165) is 30.8 Å². The van der Waals surface area contributed by atoms with Gasteiger partial charge in [0.05, 0.1) is 6.54 Å². The molecule has 0 unspecified atom stereocenters. The van der Waals surface area contributed by atoms with Crippen molar-refractivity contribution in [1.82, 2.24) is 10.2 Å². The zero-order valence-corrected chi connectivity index (χ0v) is 12.3. The number of carbonyl (C=O) groups excluding carboxylic acids is 2. The second kappa shape index (κ2) is 7.08. The molecule has 0 aromatic heterocycles. The van der Waals surface area contributed by atoms with Crippen molar-refractivity contribution in [2.24, 2.45) is 0 Å². The van der Waals surface area contributed by atoms with Crippen molar-refractivity contribution in [2.75, 3.05) is 37.2 Å². The summed E-state index contributed by atoms with van der Waals surface area (Å²) in [6.45, 7) is 4.61. The van der Waals surface area contributed by atoms with Crippen LogP contribution in [0.3, 0.4) is 0 Å². The van der Waals surface area contributed by atoms with Gasteiger partial charge in [0.25, 0.3) is 0 Å². The predicted octanol–water partition coefficient (Wildman–Crippen LogP) is 0.728. The van der Waals surface area contributed by atoms with Crippen LogP contribution >= 0.6 is 0 Å². The quantitative estimate of drug-likeness (QED) is 0.698. The summed E-state index contributed by atoms with van der Waals surface area (Å²) in [5.41, 5.74) is 8.13. The number of anilines is 2. The fraction of sp³-hybridized carbons (Fsp3) is 0.467. The summed E-state index contributed by atoms with van der Waals surface area (Å²) in [7, 11) is 0. The van der Waals surface area contributed by atoms with Crippen LogP contribution in [0.1, 0.15) is 18.4 Å². The van der Waals surface area contributed by atoms with E-state index < -0.39 is 0 Å². The fourth-order valence-electron chi connectivity index (χ4n) is 2.35. The number of carbonyl (C=O) groups is 2. The molecule has 6 heteroatoms. The average Bonchev–Trinajstić information content (AvgIpc) is 2.44. The van der Waals surface area contributed by atoms with Crippen LogP contribution in [0.4, 0.5) is 11.4 Å². The Kier molecular flexibility index (Phi) is 5.16. The van der Waals surface area contributed by atoms with Crippen molar-refractivity contribution >= 4 is 23.2 Å². The average molecular weight is 290 g/mol. The van der Waals surface area contributed by atoms with Gasteiger partial charge < -0.3 is 16.4 Å². The molecule has 1 aromatic rings. The summed E-state index contributed by atoms with van der Waals surface area (Å²) in [4.78, 5) is 25.2. The number of rotatable bonds is 5. The normalized spacial score (nSPS) is 15.6. The van der Waals surface area contributed by atoms with Gasteiger partial charge in [0.1, 0.15) is 0 Å². The summed E-state index contributed by atoms with van der Waals surface area (Å²) in [6.07, 6.45) is 1.17. The molecule has 1 fully saturated rings. The molecule has 0 atom stereocenters. The summed E-state index contributed by atoms with van der Waals surface area (Å²) in [5.74, 6) is 0.0336. The van der Waals surface area contributed by atoms with Gasteiger partial charge in [-0.1, -0.05) is 6.07 Å². The zero-order chi connectivity index (χ0) is 15.2. The van der Waals surface area contributed by atoms with E-state index in [-0.39, 0.29) is 11.8 Å². The third-order valence-corrected chi connectivity index (χ3v) is 3.65. The van der Waals surface area contributed by atoms with Gasteiger partial charge in [-0.15, -0.1) is 0 Å². The highest BCUT2D eigenvalue weighted by Crippen LogP contribution is 2.20. The van der Waals surface area contributed by atoms with Crippen LogP contribution in [-0.4, -0.2) is 42.9 Å². The number of piperazine rings is 1. The minimum Gasteiger partial charge on any atom is -0.398 e. The molecule has 2 rings (SSSR count). The van der Waals surface area contributed by atoms with Gasteiger partial charge in [0.2, 0.25) is 11.8 Å². The zero-order valence-electron chi connectivity index (χ0n) is 12.3. The minimum atomic E-state index is -0.0230. The molecular formula is C15H22N4O2. The lowest BCUT2D eigenvalue weighted by molar-refractivity contribution is -0.124. The molecule has 21 heavy (non-hydrogen) atoms. The summed E-state index contributed by atoms with van der Waals surface area (Å²) >= 11 is 0. The van der Waals surface area contributed by atoms with Crippen LogP contribution in [0.2, 0.25) is 0 Å². The highest BCUT2D eigenvalue weighted by molar-refractivity contribution is 5.92. The number of nitrogens with two attached hydrogens (primary N) is 1. The van der Waals surface area contributed by atoms with Crippen molar-refractivity contribution < 1.29 is 9.59 Å². The van der Waals surface area contributed by atoms with E-state index in [2.05, 4.69) is 15.5 Å². The van der Waals surface area contributed by atoms with Crippen LogP contribution in [0.25, 0.3) is 0 Å². The largest absolute Gasteiger partial charge is 0.398 e. The third kappa shape index (κ3) is 4.46. The van der Waals surface area contributed by atoms with Gasteiger partial charge in [-0.25, -0.2) is 0 Å². The fourth-order valence-corrected chi connectivity index (χ4v) is 2.35. The van der Waals surface area contributed by atoms with Crippen molar-refractivity contribution in [3.63, 3.8) is 0 Å². The number of hydrogen-bond donors (Lipinski definition) is 3. The van der Waals surface area contributed by atoms with Crippen molar-refractivity contribution in [3.8, 4) is 0 Å².